The lowest BCUT2D eigenvalue weighted by Gasteiger charge is -1.94. The maximum Gasteiger partial charge on any atom is 0.499 e. The van der Waals surface area contributed by atoms with E-state index in [1.807, 2.05) is 31.2 Å². The zero-order chi connectivity index (χ0) is 9.42. The Kier molecular flexibility index (Phi) is 2.11. The van der Waals surface area contributed by atoms with E-state index in [9.17, 15) is 0 Å². The molecular formula is C9H9BO2S. The molecule has 0 aliphatic rings. The molecule has 4 heteroatoms. The van der Waals surface area contributed by atoms with Gasteiger partial charge in [0.2, 0.25) is 0 Å². The fourth-order valence-corrected chi connectivity index (χ4v) is 2.52. The summed E-state index contributed by atoms with van der Waals surface area (Å²) in [4.78, 5) is 0. The average Bonchev–Trinajstić information content (AvgIpc) is 2.45. The third kappa shape index (κ3) is 1.37. The molecule has 0 fully saturated rings. The molecule has 2 aromatic rings. The average molecular weight is 192 g/mol. The minimum atomic E-state index is -1.35. The minimum Gasteiger partial charge on any atom is -0.423 e. The van der Waals surface area contributed by atoms with Crippen LogP contribution >= 0.6 is 11.3 Å². The molecule has 0 aliphatic carbocycles. The van der Waals surface area contributed by atoms with Gasteiger partial charge in [-0.15, -0.1) is 11.3 Å². The molecule has 0 saturated heterocycles. The van der Waals surface area contributed by atoms with Gasteiger partial charge in [0.05, 0.1) is 0 Å². The van der Waals surface area contributed by atoms with E-state index in [0.29, 0.717) is 4.78 Å². The molecule has 2 nitrogen and oxygen atoms in total. The molecule has 0 saturated carbocycles. The van der Waals surface area contributed by atoms with Crippen LogP contribution in [-0.4, -0.2) is 17.2 Å². The van der Waals surface area contributed by atoms with E-state index in [2.05, 4.69) is 0 Å². The molecular weight excluding hydrogens is 183 g/mol. The zero-order valence-electron chi connectivity index (χ0n) is 7.19. The highest BCUT2D eigenvalue weighted by molar-refractivity contribution is 7.28. The first kappa shape index (κ1) is 8.75. The fraction of sp³-hybridized carbons (Fsp3) is 0.111. The summed E-state index contributed by atoms with van der Waals surface area (Å²) >= 11 is 1.43. The van der Waals surface area contributed by atoms with Crippen LogP contribution in [0, 0.1) is 6.92 Å². The first-order chi connectivity index (χ1) is 6.20. The van der Waals surface area contributed by atoms with E-state index < -0.39 is 7.12 Å². The summed E-state index contributed by atoms with van der Waals surface area (Å²) in [6, 6.07) is 7.88. The molecule has 1 heterocycles. The van der Waals surface area contributed by atoms with E-state index >= 15 is 0 Å². The smallest absolute Gasteiger partial charge is 0.423 e. The van der Waals surface area contributed by atoms with Crippen LogP contribution in [0.15, 0.2) is 24.3 Å². The van der Waals surface area contributed by atoms with Crippen LogP contribution < -0.4 is 4.78 Å². The Bertz CT molecular complexity index is 436. The van der Waals surface area contributed by atoms with Crippen LogP contribution in [0.2, 0.25) is 0 Å². The number of hydrogen-bond acceptors (Lipinski definition) is 3. The molecule has 2 N–H and O–H groups in total. The molecule has 66 valence electrons. The molecule has 0 aliphatic heterocycles. The molecule has 0 spiro atoms. The van der Waals surface area contributed by atoms with Crippen molar-refractivity contribution in [2.75, 3.05) is 0 Å². The quantitative estimate of drug-likeness (QED) is 0.658. The Hall–Kier alpha value is -0.835. The number of aryl methyl sites for hydroxylation is 1. The number of thiophene rings is 1. The van der Waals surface area contributed by atoms with Gasteiger partial charge in [0, 0.05) is 9.48 Å². The van der Waals surface area contributed by atoms with E-state index in [-0.39, 0.29) is 0 Å². The van der Waals surface area contributed by atoms with Gasteiger partial charge in [0.15, 0.2) is 0 Å². The fourth-order valence-electron chi connectivity index (χ4n) is 1.44. The Morgan fingerprint density at radius 3 is 2.54 bits per heavy atom. The lowest BCUT2D eigenvalue weighted by molar-refractivity contribution is 0.426. The lowest BCUT2D eigenvalue weighted by Crippen LogP contribution is -2.28. The first-order valence-corrected chi connectivity index (χ1v) is 4.86. The topological polar surface area (TPSA) is 40.5 Å². The monoisotopic (exact) mass is 192 g/mol. The van der Waals surface area contributed by atoms with E-state index in [4.69, 9.17) is 10.0 Å². The van der Waals surface area contributed by atoms with Crippen molar-refractivity contribution in [1.29, 1.82) is 0 Å². The SMILES string of the molecule is Cc1c(B(O)O)sc2ccccc12. The van der Waals surface area contributed by atoms with Crippen molar-refractivity contribution >= 4 is 33.3 Å². The van der Waals surface area contributed by atoms with Crippen molar-refractivity contribution in [3.63, 3.8) is 0 Å². The number of rotatable bonds is 1. The Balaban J connectivity index is 2.74. The largest absolute Gasteiger partial charge is 0.499 e. The summed E-state index contributed by atoms with van der Waals surface area (Å²) in [7, 11) is -1.35. The molecule has 1 aromatic heterocycles. The minimum absolute atomic E-state index is 0.640. The molecule has 0 bridgehead atoms. The van der Waals surface area contributed by atoms with Crippen molar-refractivity contribution in [2.24, 2.45) is 0 Å². The maximum atomic E-state index is 9.07. The number of benzene rings is 1. The van der Waals surface area contributed by atoms with Crippen LogP contribution in [0.3, 0.4) is 0 Å². The highest BCUT2D eigenvalue weighted by Crippen LogP contribution is 2.22. The Labute approximate surface area is 80.6 Å². The third-order valence-electron chi connectivity index (χ3n) is 2.12. The molecule has 0 amide bonds. The van der Waals surface area contributed by atoms with Gasteiger partial charge >= 0.3 is 7.12 Å². The van der Waals surface area contributed by atoms with E-state index in [1.54, 1.807) is 0 Å². The summed E-state index contributed by atoms with van der Waals surface area (Å²) in [5.74, 6) is 0. The van der Waals surface area contributed by atoms with Crippen molar-refractivity contribution in [2.45, 2.75) is 6.92 Å². The van der Waals surface area contributed by atoms with Crippen LogP contribution in [-0.2, 0) is 0 Å². The van der Waals surface area contributed by atoms with Crippen LogP contribution in [0.5, 0.6) is 0 Å². The van der Waals surface area contributed by atoms with Crippen molar-refractivity contribution in [3.05, 3.63) is 29.8 Å². The highest BCUT2D eigenvalue weighted by atomic mass is 32.1. The predicted molar refractivity (Wildman–Crippen MR) is 56.4 cm³/mol. The van der Waals surface area contributed by atoms with Gasteiger partial charge in [-0.1, -0.05) is 18.2 Å². The summed E-state index contributed by atoms with van der Waals surface area (Å²) in [5.41, 5.74) is 0.968. The Morgan fingerprint density at radius 2 is 1.92 bits per heavy atom. The highest BCUT2D eigenvalue weighted by Gasteiger charge is 2.18. The van der Waals surface area contributed by atoms with Crippen LogP contribution in [0.4, 0.5) is 0 Å². The van der Waals surface area contributed by atoms with Crippen molar-refractivity contribution in [3.8, 4) is 0 Å². The molecule has 2 rings (SSSR count). The van der Waals surface area contributed by atoms with Crippen LogP contribution in [0.1, 0.15) is 5.56 Å². The zero-order valence-corrected chi connectivity index (χ0v) is 8.01. The van der Waals surface area contributed by atoms with Crippen LogP contribution in [0.25, 0.3) is 10.1 Å². The summed E-state index contributed by atoms with van der Waals surface area (Å²) < 4.78 is 1.74. The van der Waals surface area contributed by atoms with Gasteiger partial charge in [-0.05, 0) is 23.9 Å². The van der Waals surface area contributed by atoms with Gasteiger partial charge in [-0.25, -0.2) is 0 Å². The Morgan fingerprint density at radius 1 is 1.23 bits per heavy atom. The molecule has 0 unspecified atom stereocenters. The van der Waals surface area contributed by atoms with Gasteiger partial charge < -0.3 is 10.0 Å². The van der Waals surface area contributed by atoms with Crippen molar-refractivity contribution in [1.82, 2.24) is 0 Å². The lowest BCUT2D eigenvalue weighted by atomic mass is 9.86. The van der Waals surface area contributed by atoms with Crippen molar-refractivity contribution < 1.29 is 10.0 Å². The number of fused-ring (bicyclic) bond motifs is 1. The molecule has 0 atom stereocenters. The maximum absolute atomic E-state index is 9.07. The van der Waals surface area contributed by atoms with E-state index in [1.165, 1.54) is 11.3 Å². The molecule has 0 radical (unpaired) electrons. The summed E-state index contributed by atoms with van der Waals surface area (Å²) in [5, 5.41) is 19.3. The van der Waals surface area contributed by atoms with Gasteiger partial charge in [-0.2, -0.15) is 0 Å². The number of hydrogen-bond donors (Lipinski definition) is 2. The molecule has 13 heavy (non-hydrogen) atoms. The summed E-state index contributed by atoms with van der Waals surface area (Å²) in [6.45, 7) is 1.91. The molecule has 1 aromatic carbocycles. The van der Waals surface area contributed by atoms with E-state index in [0.717, 1.165) is 15.6 Å². The summed E-state index contributed by atoms with van der Waals surface area (Å²) in [6.07, 6.45) is 0. The second-order valence-electron chi connectivity index (χ2n) is 2.96. The van der Waals surface area contributed by atoms with Gasteiger partial charge in [0.25, 0.3) is 0 Å². The predicted octanol–water partition coefficient (Wildman–Crippen LogP) is 0.890. The third-order valence-corrected chi connectivity index (χ3v) is 3.43. The second kappa shape index (κ2) is 3.14. The standard InChI is InChI=1S/C9H9BO2S/c1-6-7-4-2-3-5-8(7)13-9(6)10(11)12/h2-5,11-12H,1H3. The second-order valence-corrected chi connectivity index (χ2v) is 4.04. The normalized spacial score (nSPS) is 10.7. The van der Waals surface area contributed by atoms with Gasteiger partial charge in [0.1, 0.15) is 0 Å². The van der Waals surface area contributed by atoms with Gasteiger partial charge in [-0.3, -0.25) is 0 Å². The first-order valence-electron chi connectivity index (χ1n) is 4.04.